The first-order valence-electron chi connectivity index (χ1n) is 13.6. The number of nitrogens with one attached hydrogen (secondary N) is 2. The third-order valence-electron chi connectivity index (χ3n) is 6.30. The van der Waals surface area contributed by atoms with Gasteiger partial charge in [0.05, 0.1) is 12.5 Å². The third kappa shape index (κ3) is 10.6. The van der Waals surface area contributed by atoms with Gasteiger partial charge in [-0.1, -0.05) is 48.5 Å². The molecule has 0 aliphatic rings. The van der Waals surface area contributed by atoms with Gasteiger partial charge in [-0.3, -0.25) is 14.4 Å². The van der Waals surface area contributed by atoms with E-state index in [2.05, 4.69) is 15.6 Å². The molecule has 0 aliphatic heterocycles. The lowest BCUT2D eigenvalue weighted by Gasteiger charge is -2.24. The summed E-state index contributed by atoms with van der Waals surface area (Å²) in [6, 6.07) is 20.3. The zero-order valence-corrected chi connectivity index (χ0v) is 23.1. The molecule has 1 aromatic heterocycles. The molecular weight excluding hydrogens is 522 g/mol. The number of hydrogen-bond acceptors (Lipinski definition) is 8. The Bertz CT molecular complexity index is 1240. The fourth-order valence-corrected chi connectivity index (χ4v) is 4.15. The average Bonchev–Trinajstić information content (AvgIpc) is 2.99. The first kappa shape index (κ1) is 31.2. The second-order valence-electron chi connectivity index (χ2n) is 9.49. The number of nitrogens with zero attached hydrogens (tertiary/aromatic N) is 2. The predicted molar refractivity (Wildman–Crippen MR) is 157 cm³/mol. The molecular formula is C30H39N7O4. The highest BCUT2D eigenvalue weighted by molar-refractivity contribution is 5.92. The molecule has 0 aliphatic carbocycles. The van der Waals surface area contributed by atoms with Crippen molar-refractivity contribution in [2.75, 3.05) is 26.2 Å². The van der Waals surface area contributed by atoms with Gasteiger partial charge in [0.25, 0.3) is 0 Å². The zero-order chi connectivity index (χ0) is 29.5. The van der Waals surface area contributed by atoms with E-state index in [1.807, 2.05) is 54.6 Å². The minimum Gasteiger partial charge on any atom is -0.439 e. The lowest BCUT2D eigenvalue weighted by molar-refractivity contribution is -0.135. The second kappa shape index (κ2) is 16.7. The van der Waals surface area contributed by atoms with Gasteiger partial charge in [0.15, 0.2) is 0 Å². The number of amides is 3. The fourth-order valence-electron chi connectivity index (χ4n) is 4.15. The monoisotopic (exact) mass is 561 g/mol. The van der Waals surface area contributed by atoms with Crippen molar-refractivity contribution in [3.05, 3.63) is 90.1 Å². The molecule has 41 heavy (non-hydrogen) atoms. The topological polar surface area (TPSA) is 179 Å². The summed E-state index contributed by atoms with van der Waals surface area (Å²) in [5, 5.41) is 5.64. The van der Waals surface area contributed by atoms with Gasteiger partial charge in [0.1, 0.15) is 11.8 Å². The molecule has 2 aromatic carbocycles. The van der Waals surface area contributed by atoms with Crippen LogP contribution in [0.4, 0.5) is 0 Å². The summed E-state index contributed by atoms with van der Waals surface area (Å²) >= 11 is 0. The Morgan fingerprint density at radius 2 is 1.59 bits per heavy atom. The van der Waals surface area contributed by atoms with Crippen LogP contribution < -0.4 is 32.6 Å². The Balaban J connectivity index is 1.63. The van der Waals surface area contributed by atoms with Crippen molar-refractivity contribution in [2.24, 2.45) is 17.2 Å². The van der Waals surface area contributed by atoms with Crippen molar-refractivity contribution >= 4 is 17.7 Å². The van der Waals surface area contributed by atoms with E-state index >= 15 is 0 Å². The smallest absolute Gasteiger partial charge is 0.242 e. The lowest BCUT2D eigenvalue weighted by atomic mass is 10.0. The standard InChI is InChI=1S/C30H39N7O4/c31-14-17-37(18-15-32)28(38)20-25(33)29(39)36-26(13-12-22-7-2-1-3-8-22)30(40)35-21-23-9-6-10-24(19-23)41-27-11-4-5-16-34-27/h1-11,16,19,25-26H,12-15,17-18,20-21,31-33H2,(H,35,40)(H,36,39)/t25-,26-/m0/s1. The van der Waals surface area contributed by atoms with Gasteiger partial charge in [-0.05, 0) is 42.2 Å². The van der Waals surface area contributed by atoms with Gasteiger partial charge in [-0.2, -0.15) is 0 Å². The number of ether oxygens (including phenoxy) is 1. The Kier molecular flexibility index (Phi) is 12.7. The summed E-state index contributed by atoms with van der Waals surface area (Å²) in [6.45, 7) is 1.40. The van der Waals surface area contributed by atoms with Gasteiger partial charge in [-0.25, -0.2) is 4.98 Å². The van der Waals surface area contributed by atoms with E-state index in [-0.39, 0.29) is 37.9 Å². The summed E-state index contributed by atoms with van der Waals surface area (Å²) in [5.41, 5.74) is 19.1. The molecule has 0 unspecified atom stereocenters. The van der Waals surface area contributed by atoms with Crippen LogP contribution in [-0.4, -0.2) is 65.9 Å². The van der Waals surface area contributed by atoms with Crippen molar-refractivity contribution in [3.8, 4) is 11.6 Å². The van der Waals surface area contributed by atoms with E-state index in [1.165, 1.54) is 4.90 Å². The highest BCUT2D eigenvalue weighted by atomic mass is 16.5. The summed E-state index contributed by atoms with van der Waals surface area (Å²) < 4.78 is 5.78. The van der Waals surface area contributed by atoms with E-state index in [4.69, 9.17) is 21.9 Å². The van der Waals surface area contributed by atoms with E-state index in [9.17, 15) is 14.4 Å². The van der Waals surface area contributed by atoms with Gasteiger partial charge in [0, 0.05) is 45.0 Å². The maximum Gasteiger partial charge on any atom is 0.242 e. The van der Waals surface area contributed by atoms with Gasteiger partial charge >= 0.3 is 0 Å². The number of nitrogens with two attached hydrogens (primary N) is 3. The van der Waals surface area contributed by atoms with Crippen LogP contribution in [0, 0.1) is 0 Å². The van der Waals surface area contributed by atoms with Crippen molar-refractivity contribution < 1.29 is 19.1 Å². The Labute approximate surface area is 240 Å². The number of carbonyl (C=O) groups excluding carboxylic acids is 3. The molecule has 0 fully saturated rings. The van der Waals surface area contributed by atoms with Crippen LogP contribution in [0.1, 0.15) is 24.0 Å². The molecule has 8 N–H and O–H groups in total. The number of hydrogen-bond donors (Lipinski definition) is 5. The van der Waals surface area contributed by atoms with E-state index < -0.39 is 18.0 Å². The highest BCUT2D eigenvalue weighted by Crippen LogP contribution is 2.20. The Morgan fingerprint density at radius 3 is 2.27 bits per heavy atom. The number of aryl methyl sites for hydroxylation is 1. The largest absolute Gasteiger partial charge is 0.439 e. The maximum absolute atomic E-state index is 13.3. The minimum absolute atomic E-state index is 0.216. The molecule has 0 saturated carbocycles. The molecule has 218 valence electrons. The number of benzene rings is 2. The SMILES string of the molecule is NCCN(CCN)C(=O)C[C@H](N)C(=O)N[C@@H](CCc1ccccc1)C(=O)NCc1cccc(Oc2ccccn2)c1. The summed E-state index contributed by atoms with van der Waals surface area (Å²) in [4.78, 5) is 44.5. The molecule has 2 atom stereocenters. The number of carbonyl (C=O) groups is 3. The molecule has 1 heterocycles. The zero-order valence-electron chi connectivity index (χ0n) is 23.1. The van der Waals surface area contributed by atoms with Crippen molar-refractivity contribution in [1.82, 2.24) is 20.5 Å². The maximum atomic E-state index is 13.3. The molecule has 3 aromatic rings. The number of rotatable bonds is 16. The molecule has 3 amide bonds. The Hall–Kier alpha value is -4.32. The van der Waals surface area contributed by atoms with Gasteiger partial charge < -0.3 is 37.5 Å². The van der Waals surface area contributed by atoms with Crippen molar-refractivity contribution in [1.29, 1.82) is 0 Å². The van der Waals surface area contributed by atoms with Crippen molar-refractivity contribution in [2.45, 2.75) is 37.9 Å². The predicted octanol–water partition coefficient (Wildman–Crippen LogP) is 1.07. The Morgan fingerprint density at radius 1 is 0.878 bits per heavy atom. The fraction of sp³-hybridized carbons (Fsp3) is 0.333. The van der Waals surface area contributed by atoms with Gasteiger partial charge in [0.2, 0.25) is 23.6 Å². The number of aromatic nitrogens is 1. The molecule has 3 rings (SSSR count). The minimum atomic E-state index is -1.13. The van der Waals surface area contributed by atoms with Crippen LogP contribution in [0.25, 0.3) is 0 Å². The lowest BCUT2D eigenvalue weighted by Crippen LogP contribution is -2.53. The van der Waals surface area contributed by atoms with Crippen LogP contribution in [-0.2, 0) is 27.3 Å². The van der Waals surface area contributed by atoms with Crippen LogP contribution >= 0.6 is 0 Å². The molecule has 0 spiro atoms. The van der Waals surface area contributed by atoms with Crippen LogP contribution in [0.2, 0.25) is 0 Å². The molecule has 11 heteroatoms. The van der Waals surface area contributed by atoms with E-state index in [0.29, 0.717) is 37.6 Å². The van der Waals surface area contributed by atoms with Crippen molar-refractivity contribution in [3.63, 3.8) is 0 Å². The summed E-state index contributed by atoms with van der Waals surface area (Å²) in [6.07, 6.45) is 2.32. The highest BCUT2D eigenvalue weighted by Gasteiger charge is 2.26. The normalized spacial score (nSPS) is 12.2. The summed E-state index contributed by atoms with van der Waals surface area (Å²) in [5.74, 6) is -0.226. The average molecular weight is 562 g/mol. The first-order chi connectivity index (χ1) is 19.9. The first-order valence-corrected chi connectivity index (χ1v) is 13.6. The molecule has 11 nitrogen and oxygen atoms in total. The quantitative estimate of drug-likeness (QED) is 0.172. The van der Waals surface area contributed by atoms with Crippen LogP contribution in [0.15, 0.2) is 79.0 Å². The number of pyridine rings is 1. The van der Waals surface area contributed by atoms with Gasteiger partial charge in [-0.15, -0.1) is 0 Å². The van der Waals surface area contributed by atoms with Crippen LogP contribution in [0.5, 0.6) is 11.6 Å². The molecule has 0 radical (unpaired) electrons. The van der Waals surface area contributed by atoms with E-state index in [0.717, 1.165) is 11.1 Å². The van der Waals surface area contributed by atoms with Crippen LogP contribution in [0.3, 0.4) is 0 Å². The molecule has 0 saturated heterocycles. The third-order valence-corrected chi connectivity index (χ3v) is 6.30. The van der Waals surface area contributed by atoms with E-state index in [1.54, 1.807) is 24.4 Å². The second-order valence-corrected chi connectivity index (χ2v) is 9.49. The summed E-state index contributed by atoms with van der Waals surface area (Å²) in [7, 11) is 0. The molecule has 0 bridgehead atoms.